The molecule has 26 heavy (non-hydrogen) atoms. The quantitative estimate of drug-likeness (QED) is 0.586. The molecule has 8 heteroatoms. The Balaban J connectivity index is 2.67. The minimum atomic E-state index is -1.25. The monoisotopic (exact) mass is 368 g/mol. The third-order valence-corrected chi connectivity index (χ3v) is 3.60. The van der Waals surface area contributed by atoms with Crippen molar-refractivity contribution >= 4 is 12.1 Å². The Hall–Kier alpha value is -2.51. The SMILES string of the molecule is COC(=O)C(C)(C/C=C/CCn1c(C)coc1=O)NC(=O)OC(C)(C)C. The van der Waals surface area contributed by atoms with Crippen molar-refractivity contribution < 1.29 is 23.5 Å². The van der Waals surface area contributed by atoms with Crippen molar-refractivity contribution in [1.82, 2.24) is 9.88 Å². The van der Waals surface area contributed by atoms with E-state index in [9.17, 15) is 14.4 Å². The molecule has 1 aromatic heterocycles. The first kappa shape index (κ1) is 21.5. The number of amides is 1. The van der Waals surface area contributed by atoms with E-state index in [0.29, 0.717) is 13.0 Å². The zero-order valence-electron chi connectivity index (χ0n) is 16.3. The van der Waals surface area contributed by atoms with Gasteiger partial charge in [-0.2, -0.15) is 0 Å². The number of aromatic nitrogens is 1. The van der Waals surface area contributed by atoms with Gasteiger partial charge >= 0.3 is 17.8 Å². The van der Waals surface area contributed by atoms with E-state index < -0.39 is 29.0 Å². The van der Waals surface area contributed by atoms with Gasteiger partial charge in [-0.25, -0.2) is 14.4 Å². The average molecular weight is 368 g/mol. The van der Waals surface area contributed by atoms with Crippen molar-refractivity contribution in [2.45, 2.75) is 65.1 Å². The minimum Gasteiger partial charge on any atom is -0.467 e. The number of esters is 1. The second-order valence-corrected chi connectivity index (χ2v) is 7.21. The summed E-state index contributed by atoms with van der Waals surface area (Å²) in [6, 6.07) is 0. The fourth-order valence-corrected chi connectivity index (χ4v) is 2.25. The van der Waals surface area contributed by atoms with Crippen LogP contribution in [0.25, 0.3) is 0 Å². The highest BCUT2D eigenvalue weighted by atomic mass is 16.6. The topological polar surface area (TPSA) is 99.8 Å². The largest absolute Gasteiger partial charge is 0.467 e. The predicted octanol–water partition coefficient (Wildman–Crippen LogP) is 2.54. The van der Waals surface area contributed by atoms with Crippen LogP contribution in [0.3, 0.4) is 0 Å². The number of allylic oxidation sites excluding steroid dienone is 1. The molecule has 1 unspecified atom stereocenters. The van der Waals surface area contributed by atoms with Crippen molar-refractivity contribution in [2.24, 2.45) is 0 Å². The van der Waals surface area contributed by atoms with Gasteiger partial charge in [0.25, 0.3) is 0 Å². The minimum absolute atomic E-state index is 0.220. The van der Waals surface area contributed by atoms with Gasteiger partial charge in [-0.15, -0.1) is 0 Å². The molecule has 0 spiro atoms. The number of nitrogens with one attached hydrogen (secondary N) is 1. The number of methoxy groups -OCH3 is 1. The van der Waals surface area contributed by atoms with Crippen LogP contribution in [0.4, 0.5) is 4.79 Å². The molecule has 1 heterocycles. The first-order valence-corrected chi connectivity index (χ1v) is 8.38. The molecule has 1 atom stereocenters. The molecule has 8 nitrogen and oxygen atoms in total. The van der Waals surface area contributed by atoms with Crippen LogP contribution in [0.15, 0.2) is 27.6 Å². The molecule has 0 bridgehead atoms. The highest BCUT2D eigenvalue weighted by Crippen LogP contribution is 2.15. The highest BCUT2D eigenvalue weighted by molar-refractivity contribution is 5.85. The molecule has 0 radical (unpaired) electrons. The second-order valence-electron chi connectivity index (χ2n) is 7.21. The summed E-state index contributed by atoms with van der Waals surface area (Å²) in [5, 5.41) is 2.57. The van der Waals surface area contributed by atoms with E-state index >= 15 is 0 Å². The number of nitrogens with zero attached hydrogens (tertiary/aromatic N) is 1. The number of ether oxygens (including phenoxy) is 2. The normalized spacial score (nSPS) is 14.1. The molecule has 1 rings (SSSR count). The van der Waals surface area contributed by atoms with Gasteiger partial charge in [0, 0.05) is 6.54 Å². The highest BCUT2D eigenvalue weighted by Gasteiger charge is 2.36. The van der Waals surface area contributed by atoms with Crippen LogP contribution in [0, 0.1) is 6.92 Å². The Bertz CT molecular complexity index is 710. The second kappa shape index (κ2) is 8.73. The summed E-state index contributed by atoms with van der Waals surface area (Å²) in [5.74, 6) is -0.975. The molecule has 0 aliphatic heterocycles. The van der Waals surface area contributed by atoms with Crippen molar-refractivity contribution in [3.8, 4) is 0 Å². The van der Waals surface area contributed by atoms with Crippen molar-refractivity contribution in [1.29, 1.82) is 0 Å². The van der Waals surface area contributed by atoms with Gasteiger partial charge in [-0.05, 0) is 47.5 Å². The Morgan fingerprint density at radius 1 is 1.27 bits per heavy atom. The lowest BCUT2D eigenvalue weighted by atomic mass is 9.97. The lowest BCUT2D eigenvalue weighted by Crippen LogP contribution is -2.53. The maximum absolute atomic E-state index is 12.1. The summed E-state index contributed by atoms with van der Waals surface area (Å²) < 4.78 is 16.3. The van der Waals surface area contributed by atoms with E-state index in [0.717, 1.165) is 5.69 Å². The Kier molecular flexibility index (Phi) is 7.23. The van der Waals surface area contributed by atoms with Crippen LogP contribution >= 0.6 is 0 Å². The molecular formula is C18H28N2O6. The number of oxazole rings is 1. The summed E-state index contributed by atoms with van der Waals surface area (Å²) in [6.45, 7) is 9.03. The van der Waals surface area contributed by atoms with Crippen LogP contribution < -0.4 is 11.1 Å². The van der Waals surface area contributed by atoms with Gasteiger partial charge in [0.05, 0.1) is 12.8 Å². The molecule has 0 saturated carbocycles. The zero-order chi connectivity index (χ0) is 20.0. The molecule has 1 N–H and O–H groups in total. The van der Waals surface area contributed by atoms with E-state index in [2.05, 4.69) is 5.32 Å². The summed E-state index contributed by atoms with van der Waals surface area (Å²) in [7, 11) is 1.26. The molecule has 0 saturated heterocycles. The number of hydrogen-bond acceptors (Lipinski definition) is 6. The van der Waals surface area contributed by atoms with E-state index in [1.165, 1.54) is 17.9 Å². The number of hydrogen-bond donors (Lipinski definition) is 1. The lowest BCUT2D eigenvalue weighted by Gasteiger charge is -2.28. The molecule has 146 valence electrons. The third kappa shape index (κ3) is 6.42. The first-order chi connectivity index (χ1) is 12.0. The fourth-order valence-electron chi connectivity index (χ4n) is 2.25. The van der Waals surface area contributed by atoms with E-state index in [1.54, 1.807) is 40.7 Å². The molecule has 1 aromatic rings. The molecule has 1 amide bonds. The summed E-state index contributed by atoms with van der Waals surface area (Å²) in [5.41, 5.74) is -1.18. The van der Waals surface area contributed by atoms with Crippen LogP contribution in [0.1, 0.15) is 46.2 Å². The lowest BCUT2D eigenvalue weighted by molar-refractivity contribution is -0.147. The summed E-state index contributed by atoms with van der Waals surface area (Å²) >= 11 is 0. The molecule has 0 aliphatic carbocycles. The summed E-state index contributed by atoms with van der Waals surface area (Å²) in [6.07, 6.45) is 5.10. The maximum Gasteiger partial charge on any atom is 0.419 e. The molecule has 0 aromatic carbocycles. The van der Waals surface area contributed by atoms with Crippen molar-refractivity contribution in [3.63, 3.8) is 0 Å². The van der Waals surface area contributed by atoms with E-state index in [1.807, 2.05) is 6.08 Å². The van der Waals surface area contributed by atoms with Crippen LogP contribution in [0.5, 0.6) is 0 Å². The third-order valence-electron chi connectivity index (χ3n) is 3.60. The number of rotatable bonds is 7. The predicted molar refractivity (Wildman–Crippen MR) is 95.9 cm³/mol. The van der Waals surface area contributed by atoms with Gasteiger partial charge in [0.2, 0.25) is 0 Å². The van der Waals surface area contributed by atoms with E-state index in [-0.39, 0.29) is 6.42 Å². The number of alkyl carbamates (subject to hydrolysis) is 1. The maximum atomic E-state index is 12.1. The zero-order valence-corrected chi connectivity index (χ0v) is 16.3. The smallest absolute Gasteiger partial charge is 0.419 e. The van der Waals surface area contributed by atoms with Crippen molar-refractivity contribution in [3.05, 3.63) is 34.7 Å². The van der Waals surface area contributed by atoms with Gasteiger partial charge < -0.3 is 19.2 Å². The van der Waals surface area contributed by atoms with Gasteiger partial charge in [0.1, 0.15) is 17.4 Å². The Morgan fingerprint density at radius 2 is 1.92 bits per heavy atom. The molecular weight excluding hydrogens is 340 g/mol. The van der Waals surface area contributed by atoms with Crippen LogP contribution in [0.2, 0.25) is 0 Å². The molecule has 0 fully saturated rings. The number of aryl methyl sites for hydroxylation is 1. The van der Waals surface area contributed by atoms with Gasteiger partial charge in [0.15, 0.2) is 0 Å². The fraction of sp³-hybridized carbons (Fsp3) is 0.611. The van der Waals surface area contributed by atoms with Crippen molar-refractivity contribution in [2.75, 3.05) is 7.11 Å². The van der Waals surface area contributed by atoms with Crippen LogP contribution in [-0.2, 0) is 20.8 Å². The molecule has 0 aliphatic rings. The Labute approximate surface area is 153 Å². The summed E-state index contributed by atoms with van der Waals surface area (Å²) in [4.78, 5) is 35.6. The number of carbonyl (C=O) groups excluding carboxylic acids is 2. The standard InChI is InChI=1S/C18H28N2O6/c1-13-12-25-16(23)20(13)11-9-7-8-10-18(5,14(21)24-6)19-15(22)26-17(2,3)4/h7-8,12H,9-11H2,1-6H3,(H,19,22)/b8-7+. The van der Waals surface area contributed by atoms with E-state index in [4.69, 9.17) is 13.9 Å². The van der Waals surface area contributed by atoms with Crippen LogP contribution in [-0.4, -0.2) is 34.9 Å². The number of carbonyl (C=O) groups is 2. The average Bonchev–Trinajstić information content (AvgIpc) is 2.83. The first-order valence-electron chi connectivity index (χ1n) is 8.38. The van der Waals surface area contributed by atoms with Gasteiger partial charge in [-0.3, -0.25) is 4.57 Å². The van der Waals surface area contributed by atoms with Gasteiger partial charge in [-0.1, -0.05) is 12.2 Å². The Morgan fingerprint density at radius 3 is 2.42 bits per heavy atom.